The van der Waals surface area contributed by atoms with Crippen LogP contribution in [0.1, 0.15) is 66.9 Å². The summed E-state index contributed by atoms with van der Waals surface area (Å²) in [6.07, 6.45) is 6.29. The summed E-state index contributed by atoms with van der Waals surface area (Å²) >= 11 is 6.58. The third kappa shape index (κ3) is 3.63. The van der Waals surface area contributed by atoms with Crippen LogP contribution in [0.2, 0.25) is 5.02 Å². The maximum absolute atomic E-state index is 11.7. The van der Waals surface area contributed by atoms with Gasteiger partial charge in [-0.3, -0.25) is 0 Å². The van der Waals surface area contributed by atoms with Crippen LogP contribution in [0.25, 0.3) is 11.3 Å². The lowest BCUT2D eigenvalue weighted by Gasteiger charge is -2.43. The van der Waals surface area contributed by atoms with E-state index in [0.717, 1.165) is 72.2 Å². The van der Waals surface area contributed by atoms with Gasteiger partial charge in [-0.1, -0.05) is 59.2 Å². The Morgan fingerprint density at radius 1 is 1.03 bits per heavy atom. The second kappa shape index (κ2) is 8.26. The van der Waals surface area contributed by atoms with Gasteiger partial charge in [0, 0.05) is 17.0 Å². The summed E-state index contributed by atoms with van der Waals surface area (Å²) in [5.74, 6) is 1.88. The summed E-state index contributed by atoms with van der Waals surface area (Å²) < 4.78 is 12.4. The van der Waals surface area contributed by atoms with Crippen molar-refractivity contribution >= 4 is 11.6 Å². The molecular formula is C28H30ClNO3. The molecule has 1 aromatic heterocycles. The van der Waals surface area contributed by atoms with Crippen molar-refractivity contribution in [2.24, 2.45) is 11.8 Å². The van der Waals surface area contributed by atoms with E-state index >= 15 is 0 Å². The molecule has 0 aliphatic heterocycles. The molecule has 0 radical (unpaired) electrons. The number of aromatic nitrogens is 1. The molecule has 2 bridgehead atoms. The first-order valence-electron chi connectivity index (χ1n) is 12.2. The van der Waals surface area contributed by atoms with Crippen LogP contribution in [-0.4, -0.2) is 16.4 Å². The molecule has 2 aromatic carbocycles. The Labute approximate surface area is 199 Å². The minimum absolute atomic E-state index is 0.133. The van der Waals surface area contributed by atoms with Gasteiger partial charge in [-0.05, 0) is 74.5 Å². The number of hydrogen-bond donors (Lipinski definition) is 1. The van der Waals surface area contributed by atoms with Gasteiger partial charge in [0.25, 0.3) is 0 Å². The largest absolute Gasteiger partial charge is 0.385 e. The zero-order chi connectivity index (χ0) is 22.6. The third-order valence-electron chi connectivity index (χ3n) is 8.13. The molecule has 5 heteroatoms. The van der Waals surface area contributed by atoms with Crippen molar-refractivity contribution in [1.29, 1.82) is 0 Å². The molecule has 172 valence electrons. The lowest BCUT2D eigenvalue weighted by molar-refractivity contribution is -0.116. The highest BCUT2D eigenvalue weighted by atomic mass is 35.5. The summed E-state index contributed by atoms with van der Waals surface area (Å²) in [5.41, 5.74) is 4.22. The predicted molar refractivity (Wildman–Crippen MR) is 128 cm³/mol. The lowest BCUT2D eigenvalue weighted by atomic mass is 9.69. The Balaban J connectivity index is 1.24. The maximum Gasteiger partial charge on any atom is 0.145 e. The van der Waals surface area contributed by atoms with E-state index in [2.05, 4.69) is 30.3 Å². The van der Waals surface area contributed by atoms with E-state index in [1.807, 2.05) is 30.3 Å². The van der Waals surface area contributed by atoms with E-state index in [9.17, 15) is 5.11 Å². The maximum atomic E-state index is 11.7. The molecule has 1 heterocycles. The van der Waals surface area contributed by atoms with Crippen LogP contribution in [0.15, 0.2) is 53.1 Å². The third-order valence-corrected chi connectivity index (χ3v) is 8.44. The van der Waals surface area contributed by atoms with Gasteiger partial charge < -0.3 is 14.4 Å². The standard InChI is InChI=1S/C28H30ClNO3/c1-17-6-5-9-24(29)25(17)26-23(27(33-30-26)18-10-11-18)16-32-22-14-20-12-13-21(15-22)28(20,31)19-7-3-2-4-8-19/h2-9,18,20-22,31H,10-16H2,1H3/t20-,21+,22?,28?. The summed E-state index contributed by atoms with van der Waals surface area (Å²) in [6.45, 7) is 2.53. The molecule has 4 nitrogen and oxygen atoms in total. The molecule has 0 spiro atoms. The monoisotopic (exact) mass is 463 g/mol. The van der Waals surface area contributed by atoms with Crippen LogP contribution in [-0.2, 0) is 16.9 Å². The number of ether oxygens (including phenoxy) is 1. The van der Waals surface area contributed by atoms with E-state index in [-0.39, 0.29) is 17.9 Å². The van der Waals surface area contributed by atoms with E-state index in [0.29, 0.717) is 17.5 Å². The summed E-state index contributed by atoms with van der Waals surface area (Å²) in [7, 11) is 0. The van der Waals surface area contributed by atoms with Crippen LogP contribution in [0, 0.1) is 18.8 Å². The number of nitrogens with zero attached hydrogens (tertiary/aromatic N) is 1. The first-order chi connectivity index (χ1) is 16.1. The molecule has 1 N–H and O–H groups in total. The van der Waals surface area contributed by atoms with Gasteiger partial charge in [0.05, 0.1) is 23.3 Å². The van der Waals surface area contributed by atoms with Gasteiger partial charge in [-0.2, -0.15) is 0 Å². The number of halogens is 1. The smallest absolute Gasteiger partial charge is 0.145 e. The Bertz CT molecular complexity index is 1120. The zero-order valence-corrected chi connectivity index (χ0v) is 19.7. The average molecular weight is 464 g/mol. The SMILES string of the molecule is Cc1cccc(Cl)c1-c1noc(C2CC2)c1COC1C[C@H]2CC[C@@H](C1)C2(O)c1ccccc1. The van der Waals surface area contributed by atoms with Crippen LogP contribution < -0.4 is 0 Å². The molecule has 3 aromatic rings. The minimum Gasteiger partial charge on any atom is -0.385 e. The van der Waals surface area contributed by atoms with E-state index in [4.69, 9.17) is 20.9 Å². The van der Waals surface area contributed by atoms with Gasteiger partial charge in [0.2, 0.25) is 0 Å². The van der Waals surface area contributed by atoms with Crippen molar-refractivity contribution in [2.45, 2.75) is 69.7 Å². The molecule has 6 rings (SSSR count). The predicted octanol–water partition coefficient (Wildman–Crippen LogP) is 6.77. The zero-order valence-electron chi connectivity index (χ0n) is 19.0. The van der Waals surface area contributed by atoms with Crippen molar-refractivity contribution < 1.29 is 14.4 Å². The molecular weight excluding hydrogens is 434 g/mol. The average Bonchev–Trinajstić information content (AvgIpc) is 3.56. The fraction of sp³-hybridized carbons (Fsp3) is 0.464. The van der Waals surface area contributed by atoms with Crippen molar-refractivity contribution in [1.82, 2.24) is 5.16 Å². The van der Waals surface area contributed by atoms with Crippen LogP contribution in [0.4, 0.5) is 0 Å². The number of hydrogen-bond acceptors (Lipinski definition) is 4. The van der Waals surface area contributed by atoms with Gasteiger partial charge in [-0.15, -0.1) is 0 Å². The topological polar surface area (TPSA) is 55.5 Å². The van der Waals surface area contributed by atoms with E-state index in [1.165, 1.54) is 0 Å². The van der Waals surface area contributed by atoms with Crippen LogP contribution in [0.5, 0.6) is 0 Å². The van der Waals surface area contributed by atoms with Gasteiger partial charge in [0.1, 0.15) is 11.5 Å². The number of aliphatic hydroxyl groups is 1. The first kappa shape index (κ1) is 21.4. The van der Waals surface area contributed by atoms with Crippen molar-refractivity contribution in [2.75, 3.05) is 0 Å². The minimum atomic E-state index is -0.725. The normalized spacial score (nSPS) is 28.9. The molecule has 3 aliphatic rings. The number of fused-ring (bicyclic) bond motifs is 2. The Hall–Kier alpha value is -2.14. The number of aryl methyl sites for hydroxylation is 1. The molecule has 4 atom stereocenters. The summed E-state index contributed by atoms with van der Waals surface area (Å²) in [4.78, 5) is 0. The highest BCUT2D eigenvalue weighted by Gasteiger charge is 2.54. The molecule has 0 saturated heterocycles. The molecule has 3 fully saturated rings. The first-order valence-corrected chi connectivity index (χ1v) is 12.6. The van der Waals surface area contributed by atoms with Crippen molar-refractivity contribution in [3.05, 3.63) is 76.0 Å². The number of rotatable bonds is 6. The van der Waals surface area contributed by atoms with Gasteiger partial charge in [0.15, 0.2) is 0 Å². The molecule has 3 saturated carbocycles. The summed E-state index contributed by atoms with van der Waals surface area (Å²) in [5, 5.41) is 16.8. The van der Waals surface area contributed by atoms with Gasteiger partial charge >= 0.3 is 0 Å². The van der Waals surface area contributed by atoms with E-state index in [1.54, 1.807) is 0 Å². The molecule has 2 unspecified atom stereocenters. The highest BCUT2D eigenvalue weighted by molar-refractivity contribution is 6.33. The Kier molecular flexibility index (Phi) is 5.36. The molecule has 0 amide bonds. The van der Waals surface area contributed by atoms with E-state index < -0.39 is 5.60 Å². The fourth-order valence-corrected chi connectivity index (χ4v) is 6.58. The second-order valence-electron chi connectivity index (χ2n) is 10.1. The second-order valence-corrected chi connectivity index (χ2v) is 10.6. The Morgan fingerprint density at radius 2 is 1.76 bits per heavy atom. The van der Waals surface area contributed by atoms with Crippen LogP contribution in [0.3, 0.4) is 0 Å². The fourth-order valence-electron chi connectivity index (χ4n) is 6.27. The van der Waals surface area contributed by atoms with Crippen LogP contribution >= 0.6 is 11.6 Å². The lowest BCUT2D eigenvalue weighted by Crippen LogP contribution is -2.44. The quantitative estimate of drug-likeness (QED) is 0.438. The Morgan fingerprint density at radius 3 is 2.42 bits per heavy atom. The molecule has 33 heavy (non-hydrogen) atoms. The summed E-state index contributed by atoms with van der Waals surface area (Å²) in [6, 6.07) is 16.1. The van der Waals surface area contributed by atoms with Crippen molar-refractivity contribution in [3.8, 4) is 11.3 Å². The van der Waals surface area contributed by atoms with Gasteiger partial charge in [-0.25, -0.2) is 0 Å². The van der Waals surface area contributed by atoms with Crippen molar-refractivity contribution in [3.63, 3.8) is 0 Å². The number of benzene rings is 2. The molecule has 3 aliphatic carbocycles. The highest BCUT2D eigenvalue weighted by Crippen LogP contribution is 2.56.